The van der Waals surface area contributed by atoms with E-state index in [9.17, 15) is 9.90 Å². The van der Waals surface area contributed by atoms with Crippen LogP contribution in [-0.4, -0.2) is 52.9 Å². The minimum absolute atomic E-state index is 0.252. The largest absolute Gasteiger partial charge is 0.507 e. The van der Waals surface area contributed by atoms with Gasteiger partial charge in [-0.15, -0.1) is 0 Å². The molecule has 7 heteroatoms. The summed E-state index contributed by atoms with van der Waals surface area (Å²) in [5, 5.41) is 10.2. The van der Waals surface area contributed by atoms with E-state index in [0.29, 0.717) is 26.2 Å². The third kappa shape index (κ3) is 5.03. The number of carbonyl (C=O) groups is 1. The van der Waals surface area contributed by atoms with Gasteiger partial charge in [0.1, 0.15) is 17.2 Å². The fourth-order valence-electron chi connectivity index (χ4n) is 2.94. The van der Waals surface area contributed by atoms with Crippen LogP contribution in [0.4, 0.5) is 10.6 Å². The average molecular weight is 481 g/mol. The highest BCUT2D eigenvalue weighted by atomic mass is 127. The highest BCUT2D eigenvalue weighted by molar-refractivity contribution is 14.1. The molecule has 2 heterocycles. The van der Waals surface area contributed by atoms with Crippen LogP contribution in [0.5, 0.6) is 5.75 Å². The number of piperazine rings is 1. The van der Waals surface area contributed by atoms with Crippen molar-refractivity contribution in [2.45, 2.75) is 26.4 Å². The second-order valence-corrected chi connectivity index (χ2v) is 8.76. The second-order valence-electron chi connectivity index (χ2n) is 7.52. The molecular weight excluding hydrogens is 457 g/mol. The Morgan fingerprint density at radius 1 is 1.15 bits per heavy atom. The normalized spacial score (nSPS) is 15.0. The van der Waals surface area contributed by atoms with Crippen molar-refractivity contribution < 1.29 is 14.6 Å². The summed E-state index contributed by atoms with van der Waals surface area (Å²) in [6.45, 7) is 8.18. The van der Waals surface area contributed by atoms with Crippen molar-refractivity contribution in [3.05, 3.63) is 40.1 Å². The number of rotatable bonds is 2. The van der Waals surface area contributed by atoms with Crippen molar-refractivity contribution in [3.63, 3.8) is 0 Å². The molecule has 3 rings (SSSR count). The Labute approximate surface area is 173 Å². The Bertz CT molecular complexity index is 827. The summed E-state index contributed by atoms with van der Waals surface area (Å²) in [5.74, 6) is 1.09. The van der Waals surface area contributed by atoms with E-state index in [1.54, 1.807) is 17.2 Å². The molecule has 1 N–H and O–H groups in total. The Morgan fingerprint density at radius 2 is 1.85 bits per heavy atom. The first-order chi connectivity index (χ1) is 12.7. The van der Waals surface area contributed by atoms with Gasteiger partial charge in [-0.1, -0.05) is 0 Å². The molecule has 0 spiro atoms. The molecule has 1 aromatic carbocycles. The Morgan fingerprint density at radius 3 is 2.52 bits per heavy atom. The number of aromatic hydroxyl groups is 1. The number of benzene rings is 1. The highest BCUT2D eigenvalue weighted by Crippen LogP contribution is 2.32. The first-order valence-electron chi connectivity index (χ1n) is 8.91. The average Bonchev–Trinajstić information content (AvgIpc) is 2.62. The number of halogens is 1. The van der Waals surface area contributed by atoms with Gasteiger partial charge in [0, 0.05) is 41.5 Å². The molecule has 0 unspecified atom stereocenters. The molecule has 2 aromatic rings. The summed E-state index contributed by atoms with van der Waals surface area (Å²) >= 11 is 2.23. The van der Waals surface area contributed by atoms with E-state index in [2.05, 4.69) is 32.5 Å². The molecule has 0 radical (unpaired) electrons. The third-order valence-electron chi connectivity index (χ3n) is 4.27. The minimum Gasteiger partial charge on any atom is -0.507 e. The van der Waals surface area contributed by atoms with Crippen LogP contribution in [0.25, 0.3) is 11.1 Å². The minimum atomic E-state index is -0.487. The second kappa shape index (κ2) is 7.92. The zero-order valence-corrected chi connectivity index (χ0v) is 17.9. The van der Waals surface area contributed by atoms with Gasteiger partial charge < -0.3 is 19.6 Å². The topological polar surface area (TPSA) is 65.9 Å². The Hall–Kier alpha value is -2.03. The van der Waals surface area contributed by atoms with Gasteiger partial charge in [0.15, 0.2) is 0 Å². The predicted molar refractivity (Wildman–Crippen MR) is 114 cm³/mol. The fourth-order valence-corrected chi connectivity index (χ4v) is 3.43. The van der Waals surface area contributed by atoms with Crippen molar-refractivity contribution in [2.75, 3.05) is 31.1 Å². The fraction of sp³-hybridized carbons (Fsp3) is 0.400. The molecule has 1 saturated heterocycles. The summed E-state index contributed by atoms with van der Waals surface area (Å²) < 4.78 is 6.50. The molecule has 0 aliphatic carbocycles. The molecule has 27 heavy (non-hydrogen) atoms. The van der Waals surface area contributed by atoms with E-state index < -0.39 is 5.60 Å². The van der Waals surface area contributed by atoms with Crippen LogP contribution in [0.15, 0.2) is 36.5 Å². The molecule has 6 nitrogen and oxygen atoms in total. The number of hydrogen-bond donors (Lipinski definition) is 1. The van der Waals surface area contributed by atoms with E-state index in [-0.39, 0.29) is 11.8 Å². The van der Waals surface area contributed by atoms with E-state index in [0.717, 1.165) is 20.5 Å². The monoisotopic (exact) mass is 481 g/mol. The number of ether oxygens (including phenoxy) is 1. The quantitative estimate of drug-likeness (QED) is 0.655. The predicted octanol–water partition coefficient (Wildman–Crippen LogP) is 4.12. The van der Waals surface area contributed by atoms with Crippen molar-refractivity contribution in [3.8, 4) is 16.9 Å². The molecule has 1 fully saturated rings. The van der Waals surface area contributed by atoms with E-state index in [4.69, 9.17) is 4.74 Å². The molecule has 0 saturated carbocycles. The third-order valence-corrected chi connectivity index (χ3v) is 4.94. The standard InChI is InChI=1S/C20H24IN3O3/c1-20(2,3)27-19(26)24-10-8-23(9-11-24)18-12-14(6-7-22-18)16-13-15(21)4-5-17(16)25/h4-7,12-13,25H,8-11H2,1-3H3. The van der Waals surface area contributed by atoms with E-state index in [1.165, 1.54) is 0 Å². The summed E-state index contributed by atoms with van der Waals surface area (Å²) in [6, 6.07) is 9.41. The van der Waals surface area contributed by atoms with Crippen LogP contribution in [0, 0.1) is 3.57 Å². The highest BCUT2D eigenvalue weighted by Gasteiger charge is 2.26. The van der Waals surface area contributed by atoms with Crippen LogP contribution in [0.1, 0.15) is 20.8 Å². The zero-order valence-electron chi connectivity index (χ0n) is 15.8. The lowest BCUT2D eigenvalue weighted by atomic mass is 10.1. The number of aromatic nitrogens is 1. The molecule has 1 aromatic heterocycles. The number of phenols is 1. The number of pyridine rings is 1. The van der Waals surface area contributed by atoms with Gasteiger partial charge in [0.05, 0.1) is 0 Å². The molecule has 1 amide bonds. The number of phenolic OH excluding ortho intramolecular Hbond substituents is 1. The first-order valence-corrected chi connectivity index (χ1v) is 9.99. The molecule has 144 valence electrons. The number of amides is 1. The van der Waals surface area contributed by atoms with Gasteiger partial charge in [-0.25, -0.2) is 9.78 Å². The van der Waals surface area contributed by atoms with Crippen molar-refractivity contribution in [2.24, 2.45) is 0 Å². The maximum atomic E-state index is 12.2. The molecule has 1 aliphatic heterocycles. The summed E-state index contributed by atoms with van der Waals surface area (Å²) in [5.41, 5.74) is 1.22. The van der Waals surface area contributed by atoms with Gasteiger partial charge in [-0.05, 0) is 79.3 Å². The zero-order chi connectivity index (χ0) is 19.6. The smallest absolute Gasteiger partial charge is 0.410 e. The van der Waals surface area contributed by atoms with Crippen molar-refractivity contribution in [1.29, 1.82) is 0 Å². The summed E-state index contributed by atoms with van der Waals surface area (Å²) in [7, 11) is 0. The first kappa shape index (κ1) is 19.7. The summed E-state index contributed by atoms with van der Waals surface area (Å²) in [4.78, 5) is 20.6. The van der Waals surface area contributed by atoms with Gasteiger partial charge in [-0.2, -0.15) is 0 Å². The van der Waals surface area contributed by atoms with Crippen LogP contribution < -0.4 is 4.90 Å². The maximum Gasteiger partial charge on any atom is 0.410 e. The SMILES string of the molecule is CC(C)(C)OC(=O)N1CCN(c2cc(-c3cc(I)ccc3O)ccn2)CC1. The van der Waals surface area contributed by atoms with Crippen LogP contribution in [0.2, 0.25) is 0 Å². The molecule has 1 aliphatic rings. The van der Waals surface area contributed by atoms with Gasteiger partial charge in [-0.3, -0.25) is 0 Å². The van der Waals surface area contributed by atoms with Crippen LogP contribution in [-0.2, 0) is 4.74 Å². The van der Waals surface area contributed by atoms with E-state index >= 15 is 0 Å². The maximum absolute atomic E-state index is 12.2. The Balaban J connectivity index is 1.70. The van der Waals surface area contributed by atoms with Crippen LogP contribution >= 0.6 is 22.6 Å². The molecular formula is C20H24IN3O3. The number of nitrogens with zero attached hydrogens (tertiary/aromatic N) is 3. The lowest BCUT2D eigenvalue weighted by molar-refractivity contribution is 0.0240. The van der Waals surface area contributed by atoms with Crippen molar-refractivity contribution in [1.82, 2.24) is 9.88 Å². The Kier molecular flexibility index (Phi) is 5.78. The number of carbonyl (C=O) groups excluding carboxylic acids is 1. The van der Waals surface area contributed by atoms with E-state index in [1.807, 2.05) is 45.0 Å². The van der Waals surface area contributed by atoms with Gasteiger partial charge in [0.25, 0.3) is 0 Å². The molecule has 0 bridgehead atoms. The number of anilines is 1. The molecule has 0 atom stereocenters. The van der Waals surface area contributed by atoms with Crippen LogP contribution in [0.3, 0.4) is 0 Å². The lowest BCUT2D eigenvalue weighted by Crippen LogP contribution is -2.50. The summed E-state index contributed by atoms with van der Waals surface area (Å²) in [6.07, 6.45) is 1.48. The van der Waals surface area contributed by atoms with Crippen molar-refractivity contribution >= 4 is 34.5 Å². The number of hydrogen-bond acceptors (Lipinski definition) is 5. The lowest BCUT2D eigenvalue weighted by Gasteiger charge is -2.36. The van der Waals surface area contributed by atoms with Gasteiger partial charge >= 0.3 is 6.09 Å². The van der Waals surface area contributed by atoms with Gasteiger partial charge in [0.2, 0.25) is 0 Å².